The predicted molar refractivity (Wildman–Crippen MR) is 71.1 cm³/mol. The Bertz CT molecular complexity index is 560. The predicted octanol–water partition coefficient (Wildman–Crippen LogP) is 3.11. The molecule has 86 valence electrons. The number of unbranched alkanes of at least 4 members (excludes halogenated alkanes) is 1. The Hall–Kier alpha value is -1.79. The van der Waals surface area contributed by atoms with E-state index >= 15 is 0 Å². The molecule has 0 spiro atoms. The van der Waals surface area contributed by atoms with E-state index in [4.69, 9.17) is 18.0 Å². The van der Waals surface area contributed by atoms with Crippen molar-refractivity contribution in [1.29, 1.82) is 0 Å². The van der Waals surface area contributed by atoms with E-state index in [0.717, 1.165) is 36.0 Å². The van der Waals surface area contributed by atoms with E-state index in [2.05, 4.69) is 21.4 Å². The second-order valence-corrected chi connectivity index (χ2v) is 3.98. The van der Waals surface area contributed by atoms with E-state index in [1.165, 1.54) is 0 Å². The molecular weight excluding hydrogens is 234 g/mol. The van der Waals surface area contributed by atoms with Crippen molar-refractivity contribution in [2.75, 3.05) is 11.9 Å². The molecule has 2 aromatic rings. The molecule has 0 bridgehead atoms. The van der Waals surface area contributed by atoms with Crippen LogP contribution in [0.15, 0.2) is 24.3 Å². The van der Waals surface area contributed by atoms with Crippen LogP contribution in [0.1, 0.15) is 12.8 Å². The molecule has 0 saturated heterocycles. The highest BCUT2D eigenvalue weighted by Crippen LogP contribution is 2.25. The lowest BCUT2D eigenvalue weighted by Crippen LogP contribution is -2.04. The van der Waals surface area contributed by atoms with Crippen molar-refractivity contribution in [2.24, 2.45) is 0 Å². The summed E-state index contributed by atoms with van der Waals surface area (Å²) < 4.78 is 0. The average molecular weight is 246 g/mol. The maximum atomic E-state index is 5.98. The fourth-order valence-electron chi connectivity index (χ4n) is 1.60. The third-order valence-corrected chi connectivity index (χ3v) is 2.71. The van der Waals surface area contributed by atoms with Gasteiger partial charge in [-0.25, -0.2) is 0 Å². The van der Waals surface area contributed by atoms with Gasteiger partial charge in [-0.05, 0) is 6.42 Å². The minimum atomic E-state index is 0.426. The first-order valence-electron chi connectivity index (χ1n) is 5.41. The maximum absolute atomic E-state index is 5.98. The molecule has 4 heteroatoms. The maximum Gasteiger partial charge on any atom is 0.159 e. The van der Waals surface area contributed by atoms with Gasteiger partial charge >= 0.3 is 0 Å². The van der Waals surface area contributed by atoms with Crippen molar-refractivity contribution in [1.82, 2.24) is 10.2 Å². The molecule has 1 aromatic carbocycles. The second-order valence-electron chi connectivity index (χ2n) is 3.62. The van der Waals surface area contributed by atoms with Gasteiger partial charge in [0.15, 0.2) is 11.0 Å². The Morgan fingerprint density at radius 2 is 2.00 bits per heavy atom. The van der Waals surface area contributed by atoms with Crippen molar-refractivity contribution in [3.8, 4) is 12.3 Å². The summed E-state index contributed by atoms with van der Waals surface area (Å²) in [4.78, 5) is 0. The highest BCUT2D eigenvalue weighted by Gasteiger charge is 2.06. The Morgan fingerprint density at radius 1 is 1.24 bits per heavy atom. The number of halogens is 1. The van der Waals surface area contributed by atoms with Crippen LogP contribution in [0.3, 0.4) is 0 Å². The highest BCUT2D eigenvalue weighted by molar-refractivity contribution is 6.34. The number of aromatic nitrogens is 2. The zero-order chi connectivity index (χ0) is 12.1. The summed E-state index contributed by atoms with van der Waals surface area (Å²) in [5.41, 5.74) is 0. The number of benzene rings is 1. The van der Waals surface area contributed by atoms with Crippen LogP contribution < -0.4 is 5.32 Å². The second kappa shape index (κ2) is 5.51. The van der Waals surface area contributed by atoms with Gasteiger partial charge in [0.05, 0.1) is 0 Å². The van der Waals surface area contributed by atoms with Crippen LogP contribution >= 0.6 is 11.6 Å². The minimum absolute atomic E-state index is 0.426. The van der Waals surface area contributed by atoms with Crippen molar-refractivity contribution >= 4 is 28.2 Å². The standard InChI is InChI=1S/C13H12ClN3/c1-2-3-6-9-15-13-11-8-5-4-7-10(11)12(14)16-17-13/h1,4-5,7-8H,3,6,9H2,(H,15,17). The molecule has 0 fully saturated rings. The van der Waals surface area contributed by atoms with Crippen molar-refractivity contribution in [3.05, 3.63) is 29.4 Å². The fraction of sp³-hybridized carbons (Fsp3) is 0.231. The average Bonchev–Trinajstić information content (AvgIpc) is 2.37. The molecule has 1 aromatic heterocycles. The third kappa shape index (κ3) is 2.66. The topological polar surface area (TPSA) is 37.8 Å². The molecular formula is C13H12ClN3. The molecule has 17 heavy (non-hydrogen) atoms. The Labute approximate surface area is 105 Å². The molecule has 0 aliphatic rings. The summed E-state index contributed by atoms with van der Waals surface area (Å²) in [7, 11) is 0. The lowest BCUT2D eigenvalue weighted by Gasteiger charge is -2.07. The molecule has 0 radical (unpaired) electrons. The molecule has 3 nitrogen and oxygen atoms in total. The van der Waals surface area contributed by atoms with Gasteiger partial charge in [-0.1, -0.05) is 35.9 Å². The summed E-state index contributed by atoms with van der Waals surface area (Å²) in [6.07, 6.45) is 6.86. The SMILES string of the molecule is C#CCCCNc1nnc(Cl)c2ccccc12. The van der Waals surface area contributed by atoms with Crippen LogP contribution in [0, 0.1) is 12.3 Å². The lowest BCUT2D eigenvalue weighted by atomic mass is 10.2. The number of nitrogens with zero attached hydrogens (tertiary/aromatic N) is 2. The van der Waals surface area contributed by atoms with Gasteiger partial charge in [-0.15, -0.1) is 22.5 Å². The molecule has 0 saturated carbocycles. The molecule has 0 amide bonds. The van der Waals surface area contributed by atoms with E-state index in [-0.39, 0.29) is 0 Å². The number of hydrogen-bond donors (Lipinski definition) is 1. The molecule has 0 aliphatic heterocycles. The first-order valence-corrected chi connectivity index (χ1v) is 5.79. The zero-order valence-corrected chi connectivity index (χ0v) is 10.0. The van der Waals surface area contributed by atoms with Gasteiger partial charge < -0.3 is 5.32 Å². The van der Waals surface area contributed by atoms with Gasteiger partial charge in [0.25, 0.3) is 0 Å². The molecule has 0 unspecified atom stereocenters. The lowest BCUT2D eigenvalue weighted by molar-refractivity contribution is 0.894. The van der Waals surface area contributed by atoms with Crippen LogP contribution in [0.4, 0.5) is 5.82 Å². The minimum Gasteiger partial charge on any atom is -0.368 e. The largest absolute Gasteiger partial charge is 0.368 e. The number of terminal acetylenes is 1. The smallest absolute Gasteiger partial charge is 0.159 e. The highest BCUT2D eigenvalue weighted by atomic mass is 35.5. The van der Waals surface area contributed by atoms with Gasteiger partial charge in [0.1, 0.15) is 0 Å². The first-order chi connectivity index (χ1) is 8.33. The molecule has 1 N–H and O–H groups in total. The van der Waals surface area contributed by atoms with E-state index in [9.17, 15) is 0 Å². The van der Waals surface area contributed by atoms with E-state index in [1.54, 1.807) is 0 Å². The summed E-state index contributed by atoms with van der Waals surface area (Å²) in [5.74, 6) is 3.35. The first kappa shape index (κ1) is 11.7. The number of anilines is 1. The zero-order valence-electron chi connectivity index (χ0n) is 9.28. The Kier molecular flexibility index (Phi) is 3.79. The Morgan fingerprint density at radius 3 is 2.76 bits per heavy atom. The molecule has 0 atom stereocenters. The van der Waals surface area contributed by atoms with Gasteiger partial charge in [-0.2, -0.15) is 0 Å². The van der Waals surface area contributed by atoms with Gasteiger partial charge in [-0.3, -0.25) is 0 Å². The van der Waals surface area contributed by atoms with Crippen molar-refractivity contribution < 1.29 is 0 Å². The number of nitrogens with one attached hydrogen (secondary N) is 1. The van der Waals surface area contributed by atoms with Crippen molar-refractivity contribution in [2.45, 2.75) is 12.8 Å². The monoisotopic (exact) mass is 245 g/mol. The van der Waals surface area contributed by atoms with Crippen LogP contribution in [0.2, 0.25) is 5.15 Å². The normalized spacial score (nSPS) is 10.1. The van der Waals surface area contributed by atoms with Crippen LogP contribution in [0.5, 0.6) is 0 Å². The quantitative estimate of drug-likeness (QED) is 0.664. The molecule has 2 rings (SSSR count). The molecule has 1 heterocycles. The van der Waals surface area contributed by atoms with Gasteiger partial charge in [0.2, 0.25) is 0 Å². The number of rotatable bonds is 4. The van der Waals surface area contributed by atoms with Crippen LogP contribution in [-0.4, -0.2) is 16.7 Å². The number of fused-ring (bicyclic) bond motifs is 1. The third-order valence-electron chi connectivity index (χ3n) is 2.43. The Balaban J connectivity index is 2.23. The summed E-state index contributed by atoms with van der Waals surface area (Å²) in [6, 6.07) is 7.78. The number of hydrogen-bond acceptors (Lipinski definition) is 3. The van der Waals surface area contributed by atoms with Crippen LogP contribution in [0.25, 0.3) is 10.8 Å². The van der Waals surface area contributed by atoms with E-state index in [0.29, 0.717) is 5.15 Å². The summed E-state index contributed by atoms with van der Waals surface area (Å²) >= 11 is 5.98. The van der Waals surface area contributed by atoms with E-state index in [1.807, 2.05) is 24.3 Å². The van der Waals surface area contributed by atoms with Crippen LogP contribution in [-0.2, 0) is 0 Å². The fourth-order valence-corrected chi connectivity index (χ4v) is 1.80. The molecule has 0 aliphatic carbocycles. The summed E-state index contributed by atoms with van der Waals surface area (Å²) in [5, 5.41) is 13.5. The van der Waals surface area contributed by atoms with E-state index < -0.39 is 0 Å². The summed E-state index contributed by atoms with van der Waals surface area (Å²) in [6.45, 7) is 0.782. The van der Waals surface area contributed by atoms with Gasteiger partial charge in [0, 0.05) is 23.7 Å². The van der Waals surface area contributed by atoms with Crippen molar-refractivity contribution in [3.63, 3.8) is 0 Å².